The molecule has 0 atom stereocenters. The molecule has 0 amide bonds. The smallest absolute Gasteiger partial charge is 0.196 e. The summed E-state index contributed by atoms with van der Waals surface area (Å²) < 4.78 is 0. The Morgan fingerprint density at radius 3 is 0.841 bits per heavy atom. The predicted molar refractivity (Wildman–Crippen MR) is 179 cm³/mol. The van der Waals surface area contributed by atoms with Crippen molar-refractivity contribution in [1.29, 1.82) is 0 Å². The Kier molecular flexibility index (Phi) is 7.06. The van der Waals surface area contributed by atoms with Gasteiger partial charge < -0.3 is 21.3 Å². The molecule has 1 aliphatic rings. The maximum Gasteiger partial charge on any atom is 0.196 e. The highest BCUT2D eigenvalue weighted by atomic mass is 16.1. The summed E-state index contributed by atoms with van der Waals surface area (Å²) in [6.07, 6.45) is 0. The first kappa shape index (κ1) is 26.7. The summed E-state index contributed by atoms with van der Waals surface area (Å²) in [5, 5.41) is 14.2. The van der Waals surface area contributed by atoms with E-state index in [1.54, 1.807) is 24.3 Å². The summed E-state index contributed by atoms with van der Waals surface area (Å²) in [4.78, 5) is 29.0. The third kappa shape index (κ3) is 5.05. The van der Waals surface area contributed by atoms with Crippen molar-refractivity contribution >= 4 is 57.1 Å². The van der Waals surface area contributed by atoms with Gasteiger partial charge in [0, 0.05) is 33.9 Å². The quantitative estimate of drug-likeness (QED) is 0.145. The molecule has 7 rings (SSSR count). The van der Waals surface area contributed by atoms with Crippen LogP contribution in [0.5, 0.6) is 0 Å². The fourth-order valence-electron chi connectivity index (χ4n) is 5.52. The monoisotopic (exact) mass is 572 g/mol. The largest absolute Gasteiger partial charge is 0.353 e. The molecule has 0 saturated carbocycles. The summed E-state index contributed by atoms with van der Waals surface area (Å²) in [5.41, 5.74) is 6.77. The van der Waals surface area contributed by atoms with Gasteiger partial charge in [0.15, 0.2) is 11.6 Å². The molecule has 6 nitrogen and oxygen atoms in total. The molecule has 0 fully saturated rings. The molecule has 0 aliphatic heterocycles. The van der Waals surface area contributed by atoms with E-state index < -0.39 is 0 Å². The fraction of sp³-hybridized carbons (Fsp3) is 0. The summed E-state index contributed by atoms with van der Waals surface area (Å²) in [6.45, 7) is 0. The van der Waals surface area contributed by atoms with Crippen molar-refractivity contribution in [1.82, 2.24) is 0 Å². The zero-order valence-corrected chi connectivity index (χ0v) is 23.7. The molecule has 0 spiro atoms. The van der Waals surface area contributed by atoms with Crippen LogP contribution in [0, 0.1) is 0 Å². The number of hydrogen-bond donors (Lipinski definition) is 4. The van der Waals surface area contributed by atoms with Crippen LogP contribution in [0.2, 0.25) is 0 Å². The molecule has 6 aromatic rings. The van der Waals surface area contributed by atoms with E-state index in [0.717, 1.165) is 22.7 Å². The molecule has 0 aromatic heterocycles. The minimum Gasteiger partial charge on any atom is -0.353 e. The van der Waals surface area contributed by atoms with E-state index in [2.05, 4.69) is 21.3 Å². The number of carbonyl (C=O) groups is 2. The molecule has 0 heterocycles. The van der Waals surface area contributed by atoms with Gasteiger partial charge in [0.1, 0.15) is 0 Å². The van der Waals surface area contributed by atoms with E-state index >= 15 is 0 Å². The number of ketones is 2. The number of fused-ring (bicyclic) bond motifs is 2. The maximum atomic E-state index is 14.5. The predicted octanol–water partition coefficient (Wildman–Crippen LogP) is 9.44. The highest BCUT2D eigenvalue weighted by Gasteiger charge is 2.38. The average Bonchev–Trinajstić information content (AvgIpc) is 3.08. The minimum atomic E-state index is -0.230. The summed E-state index contributed by atoms with van der Waals surface area (Å²) in [5.74, 6) is -0.459. The van der Waals surface area contributed by atoms with E-state index in [4.69, 9.17) is 0 Å². The zero-order valence-electron chi connectivity index (χ0n) is 23.7. The lowest BCUT2D eigenvalue weighted by Crippen LogP contribution is -2.25. The number of anilines is 8. The molecule has 0 unspecified atom stereocenters. The molecule has 4 N–H and O–H groups in total. The third-order valence-electron chi connectivity index (χ3n) is 7.54. The van der Waals surface area contributed by atoms with E-state index in [-0.39, 0.29) is 11.6 Å². The lowest BCUT2D eigenvalue weighted by Gasteiger charge is -2.30. The second kappa shape index (κ2) is 11.6. The molecule has 1 aliphatic carbocycles. The summed E-state index contributed by atoms with van der Waals surface area (Å²) in [7, 11) is 0. The Bertz CT molecular complexity index is 1830. The first-order valence-electron chi connectivity index (χ1n) is 14.4. The van der Waals surface area contributed by atoms with Crippen molar-refractivity contribution in [2.45, 2.75) is 0 Å². The molecule has 6 aromatic carbocycles. The zero-order chi connectivity index (χ0) is 29.9. The van der Waals surface area contributed by atoms with Crippen LogP contribution in [-0.2, 0) is 0 Å². The Morgan fingerprint density at radius 2 is 0.545 bits per heavy atom. The van der Waals surface area contributed by atoms with Gasteiger partial charge in [-0.2, -0.15) is 0 Å². The SMILES string of the molecule is O=C1c2ccccc2C(=O)c2c(Nc3ccccc3)c(Nc3ccccc3)c(Nc3ccccc3)c(Nc3ccccc3)c21. The molecule has 0 bridgehead atoms. The number of nitrogens with one attached hydrogen (secondary N) is 4. The maximum absolute atomic E-state index is 14.5. The molecule has 44 heavy (non-hydrogen) atoms. The van der Waals surface area contributed by atoms with Gasteiger partial charge in [-0.05, 0) is 48.5 Å². The number of hydrogen-bond acceptors (Lipinski definition) is 6. The van der Waals surface area contributed by atoms with Crippen molar-refractivity contribution in [3.63, 3.8) is 0 Å². The normalized spacial score (nSPS) is 11.7. The Labute approximate surface area is 255 Å². The van der Waals surface area contributed by atoms with Crippen LogP contribution in [0.25, 0.3) is 0 Å². The Morgan fingerprint density at radius 1 is 0.295 bits per heavy atom. The van der Waals surface area contributed by atoms with Crippen LogP contribution in [0.3, 0.4) is 0 Å². The summed E-state index contributed by atoms with van der Waals surface area (Å²) >= 11 is 0. The van der Waals surface area contributed by atoms with Crippen molar-refractivity contribution in [3.8, 4) is 0 Å². The standard InChI is InChI=1S/C38H28N4O2/c43-37-29-23-13-14-24-30(29)38(44)32-31(37)33(39-25-15-5-1-6-16-25)35(41-27-19-9-3-10-20-27)36(42-28-21-11-4-12-22-28)34(32)40-26-17-7-2-8-18-26/h1-24,39-42H. The van der Waals surface area contributed by atoms with Gasteiger partial charge in [0.2, 0.25) is 0 Å². The number of benzene rings is 6. The fourth-order valence-corrected chi connectivity index (χ4v) is 5.52. The highest BCUT2D eigenvalue weighted by Crippen LogP contribution is 2.50. The first-order chi connectivity index (χ1) is 21.7. The van der Waals surface area contributed by atoms with Gasteiger partial charge in [-0.15, -0.1) is 0 Å². The van der Waals surface area contributed by atoms with Gasteiger partial charge >= 0.3 is 0 Å². The van der Waals surface area contributed by atoms with E-state index in [1.807, 2.05) is 121 Å². The molecule has 0 radical (unpaired) electrons. The van der Waals surface area contributed by atoms with Crippen LogP contribution in [0.4, 0.5) is 45.5 Å². The number of rotatable bonds is 8. The van der Waals surface area contributed by atoms with Crippen LogP contribution >= 0.6 is 0 Å². The van der Waals surface area contributed by atoms with Crippen LogP contribution in [0.1, 0.15) is 31.8 Å². The van der Waals surface area contributed by atoms with E-state index in [0.29, 0.717) is 45.0 Å². The van der Waals surface area contributed by atoms with Crippen molar-refractivity contribution in [2.75, 3.05) is 21.3 Å². The van der Waals surface area contributed by atoms with Crippen LogP contribution in [0.15, 0.2) is 146 Å². The van der Waals surface area contributed by atoms with Gasteiger partial charge in [-0.25, -0.2) is 0 Å². The molecule has 6 heteroatoms. The van der Waals surface area contributed by atoms with E-state index in [9.17, 15) is 9.59 Å². The topological polar surface area (TPSA) is 82.3 Å². The Hall–Kier alpha value is -6.14. The Balaban J connectivity index is 1.58. The highest BCUT2D eigenvalue weighted by molar-refractivity contribution is 6.34. The number of para-hydroxylation sites is 4. The summed E-state index contributed by atoms with van der Waals surface area (Å²) in [6, 6.07) is 45.9. The van der Waals surface area contributed by atoms with Crippen molar-refractivity contribution in [2.24, 2.45) is 0 Å². The van der Waals surface area contributed by atoms with Crippen LogP contribution < -0.4 is 21.3 Å². The van der Waals surface area contributed by atoms with Crippen molar-refractivity contribution < 1.29 is 9.59 Å². The lowest BCUT2D eigenvalue weighted by molar-refractivity contribution is 0.0980. The van der Waals surface area contributed by atoms with Gasteiger partial charge in [-0.3, -0.25) is 9.59 Å². The third-order valence-corrected chi connectivity index (χ3v) is 7.54. The lowest BCUT2D eigenvalue weighted by atomic mass is 9.81. The van der Waals surface area contributed by atoms with Gasteiger partial charge in [-0.1, -0.05) is 97.1 Å². The molecule has 0 saturated heterocycles. The molecular formula is C38H28N4O2. The van der Waals surface area contributed by atoms with Crippen LogP contribution in [-0.4, -0.2) is 11.6 Å². The second-order valence-corrected chi connectivity index (χ2v) is 10.4. The molecule has 212 valence electrons. The van der Waals surface area contributed by atoms with E-state index in [1.165, 1.54) is 0 Å². The number of carbonyl (C=O) groups excluding carboxylic acids is 2. The van der Waals surface area contributed by atoms with Gasteiger partial charge in [0.25, 0.3) is 0 Å². The molecular weight excluding hydrogens is 544 g/mol. The van der Waals surface area contributed by atoms with Gasteiger partial charge in [0.05, 0.1) is 33.9 Å². The minimum absolute atomic E-state index is 0.230. The average molecular weight is 573 g/mol. The first-order valence-corrected chi connectivity index (χ1v) is 14.4. The second-order valence-electron chi connectivity index (χ2n) is 10.4. The van der Waals surface area contributed by atoms with Crippen molar-refractivity contribution in [3.05, 3.63) is 168 Å².